The summed E-state index contributed by atoms with van der Waals surface area (Å²) in [6.07, 6.45) is 3.45. The monoisotopic (exact) mass is 372 g/mol. The van der Waals surface area contributed by atoms with E-state index >= 15 is 0 Å². The predicted molar refractivity (Wildman–Crippen MR) is 100 cm³/mol. The molecule has 2 aromatic heterocycles. The Morgan fingerprint density at radius 1 is 1.19 bits per heavy atom. The summed E-state index contributed by atoms with van der Waals surface area (Å²) in [5, 5.41) is 4.43. The fourth-order valence-electron chi connectivity index (χ4n) is 3.23. The third-order valence-corrected chi connectivity index (χ3v) is 4.45. The van der Waals surface area contributed by atoms with Crippen LogP contribution in [0.15, 0.2) is 48.8 Å². The maximum atomic E-state index is 13.2. The highest BCUT2D eigenvalue weighted by atomic mass is 35.5. The van der Waals surface area contributed by atoms with Gasteiger partial charge in [-0.05, 0) is 55.8 Å². The van der Waals surface area contributed by atoms with Gasteiger partial charge < -0.3 is 4.90 Å². The molecule has 0 saturated carbocycles. The second-order valence-electron chi connectivity index (χ2n) is 6.28. The first-order valence-corrected chi connectivity index (χ1v) is 8.12. The number of halogens is 2. The number of carbonyl (C=O) groups excluding carboxylic acids is 1. The van der Waals surface area contributed by atoms with Crippen LogP contribution in [-0.2, 0) is 0 Å². The summed E-state index contributed by atoms with van der Waals surface area (Å²) in [6, 6.07) is 9.82. The van der Waals surface area contributed by atoms with Gasteiger partial charge >= 0.3 is 0 Å². The van der Waals surface area contributed by atoms with Gasteiger partial charge in [-0.25, -0.2) is 4.39 Å². The predicted octanol–water partition coefficient (Wildman–Crippen LogP) is 4.04. The summed E-state index contributed by atoms with van der Waals surface area (Å²) in [5.74, 6) is -0.453. The Bertz CT molecular complexity index is 954. The number of aryl methyl sites for hydroxylation is 1. The van der Waals surface area contributed by atoms with Crippen LogP contribution in [0.25, 0.3) is 11.1 Å². The minimum Gasteiger partial charge on any atom is -0.305 e. The highest BCUT2D eigenvalue weighted by Gasteiger charge is 2.33. The molecule has 0 unspecified atom stereocenters. The molecule has 0 aliphatic carbocycles. The zero-order valence-electron chi connectivity index (χ0n) is 14.4. The molecule has 0 N–H and O–H groups in total. The molecule has 3 heterocycles. The molecule has 3 aromatic rings. The summed E-state index contributed by atoms with van der Waals surface area (Å²) in [5.41, 5.74) is 3.81. The molecule has 5 nitrogen and oxygen atoms in total. The molecule has 1 atom stereocenters. The van der Waals surface area contributed by atoms with Gasteiger partial charge in [0.25, 0.3) is 5.91 Å². The first-order valence-electron chi connectivity index (χ1n) is 8.12. The SMILES string of the molecule is Cc1cc(-c2cnn3c2C(=O)N(c2ccc(F)cc2)C[C@@H]3C)ccn1.Cl. The molecule has 134 valence electrons. The van der Waals surface area contributed by atoms with Crippen molar-refractivity contribution in [2.75, 3.05) is 11.4 Å². The molecular weight excluding hydrogens is 355 g/mol. The van der Waals surface area contributed by atoms with Gasteiger partial charge in [-0.3, -0.25) is 14.5 Å². The molecule has 26 heavy (non-hydrogen) atoms. The first-order chi connectivity index (χ1) is 12.0. The Morgan fingerprint density at radius 3 is 2.62 bits per heavy atom. The Balaban J connectivity index is 0.00000196. The van der Waals surface area contributed by atoms with E-state index in [2.05, 4.69) is 10.1 Å². The molecule has 4 rings (SSSR count). The van der Waals surface area contributed by atoms with Crippen LogP contribution >= 0.6 is 12.4 Å². The van der Waals surface area contributed by atoms with Gasteiger partial charge in [0.15, 0.2) is 0 Å². The summed E-state index contributed by atoms with van der Waals surface area (Å²) < 4.78 is 15.0. The highest BCUT2D eigenvalue weighted by molar-refractivity contribution is 6.09. The summed E-state index contributed by atoms with van der Waals surface area (Å²) in [7, 11) is 0. The van der Waals surface area contributed by atoms with Crippen molar-refractivity contribution in [3.8, 4) is 11.1 Å². The van der Waals surface area contributed by atoms with Gasteiger partial charge in [0.1, 0.15) is 11.5 Å². The number of rotatable bonds is 2. The van der Waals surface area contributed by atoms with Gasteiger partial charge in [-0.2, -0.15) is 5.10 Å². The van der Waals surface area contributed by atoms with Crippen LogP contribution in [-0.4, -0.2) is 27.2 Å². The Labute approximate surface area is 156 Å². The second-order valence-corrected chi connectivity index (χ2v) is 6.28. The van der Waals surface area contributed by atoms with Crippen molar-refractivity contribution in [1.29, 1.82) is 0 Å². The van der Waals surface area contributed by atoms with E-state index in [1.807, 2.05) is 26.0 Å². The number of fused-ring (bicyclic) bond motifs is 1. The molecule has 0 radical (unpaired) electrons. The van der Waals surface area contributed by atoms with Gasteiger partial charge in [0, 0.05) is 29.7 Å². The Kier molecular flexibility index (Phi) is 4.78. The summed E-state index contributed by atoms with van der Waals surface area (Å²) in [6.45, 7) is 4.42. The number of pyridine rings is 1. The zero-order valence-corrected chi connectivity index (χ0v) is 15.2. The molecule has 0 saturated heterocycles. The molecular formula is C19H18ClFN4O. The van der Waals surface area contributed by atoms with Crippen LogP contribution in [0.5, 0.6) is 0 Å². The van der Waals surface area contributed by atoms with Crippen LogP contribution in [0.3, 0.4) is 0 Å². The highest BCUT2D eigenvalue weighted by Crippen LogP contribution is 2.32. The number of nitrogens with zero attached hydrogens (tertiary/aromatic N) is 4. The van der Waals surface area contributed by atoms with Crippen molar-refractivity contribution < 1.29 is 9.18 Å². The lowest BCUT2D eigenvalue weighted by Gasteiger charge is -2.32. The summed E-state index contributed by atoms with van der Waals surface area (Å²) >= 11 is 0. The lowest BCUT2D eigenvalue weighted by molar-refractivity contribution is 0.0954. The number of carbonyl (C=O) groups is 1. The van der Waals surface area contributed by atoms with Crippen LogP contribution < -0.4 is 4.90 Å². The van der Waals surface area contributed by atoms with Crippen molar-refractivity contribution in [1.82, 2.24) is 14.8 Å². The topological polar surface area (TPSA) is 51.0 Å². The normalized spacial score (nSPS) is 16.2. The van der Waals surface area contributed by atoms with Crippen LogP contribution in [0, 0.1) is 12.7 Å². The molecule has 1 amide bonds. The molecule has 1 aliphatic rings. The minimum absolute atomic E-state index is 0. The molecule has 7 heteroatoms. The molecule has 1 aliphatic heterocycles. The van der Waals surface area contributed by atoms with Crippen molar-refractivity contribution in [3.05, 3.63) is 66.0 Å². The quantitative estimate of drug-likeness (QED) is 0.682. The lowest BCUT2D eigenvalue weighted by Crippen LogP contribution is -2.42. The van der Waals surface area contributed by atoms with Gasteiger partial charge in [-0.15, -0.1) is 12.4 Å². The van der Waals surface area contributed by atoms with Crippen LogP contribution in [0.1, 0.15) is 29.1 Å². The molecule has 1 aromatic carbocycles. The lowest BCUT2D eigenvalue weighted by atomic mass is 10.0. The van der Waals surface area contributed by atoms with E-state index in [-0.39, 0.29) is 30.2 Å². The Morgan fingerprint density at radius 2 is 1.92 bits per heavy atom. The van der Waals surface area contributed by atoms with Crippen molar-refractivity contribution >= 4 is 24.0 Å². The fourth-order valence-corrected chi connectivity index (χ4v) is 3.23. The number of aromatic nitrogens is 3. The van der Waals surface area contributed by atoms with Gasteiger partial charge in [0.2, 0.25) is 0 Å². The van der Waals surface area contributed by atoms with E-state index in [4.69, 9.17) is 0 Å². The number of hydrogen-bond donors (Lipinski definition) is 0. The molecule has 0 bridgehead atoms. The third-order valence-electron chi connectivity index (χ3n) is 4.45. The zero-order chi connectivity index (χ0) is 17.6. The fraction of sp³-hybridized carbons (Fsp3) is 0.211. The molecule has 0 spiro atoms. The van der Waals surface area contributed by atoms with E-state index in [0.29, 0.717) is 17.9 Å². The van der Waals surface area contributed by atoms with Crippen molar-refractivity contribution in [2.24, 2.45) is 0 Å². The maximum absolute atomic E-state index is 13.2. The van der Waals surface area contributed by atoms with E-state index in [9.17, 15) is 9.18 Å². The first kappa shape index (κ1) is 18.1. The van der Waals surface area contributed by atoms with Crippen LogP contribution in [0.2, 0.25) is 0 Å². The van der Waals surface area contributed by atoms with Crippen molar-refractivity contribution in [3.63, 3.8) is 0 Å². The third kappa shape index (κ3) is 2.97. The standard InChI is InChI=1S/C19H17FN4O.ClH/c1-12-9-14(7-8-21-12)17-10-22-24-13(2)11-23(19(25)18(17)24)16-5-3-15(20)4-6-16;/h3-10,13H,11H2,1-2H3;1H/t13-;/m0./s1. The number of amides is 1. The van der Waals surface area contributed by atoms with E-state index in [0.717, 1.165) is 16.8 Å². The number of hydrogen-bond acceptors (Lipinski definition) is 3. The second kappa shape index (κ2) is 6.88. The van der Waals surface area contributed by atoms with E-state index in [1.165, 1.54) is 12.1 Å². The number of benzene rings is 1. The van der Waals surface area contributed by atoms with Crippen LogP contribution in [0.4, 0.5) is 10.1 Å². The van der Waals surface area contributed by atoms with Gasteiger partial charge in [0.05, 0.1) is 12.2 Å². The Hall–Kier alpha value is -2.73. The average molecular weight is 373 g/mol. The average Bonchev–Trinajstić information content (AvgIpc) is 3.05. The number of anilines is 1. The van der Waals surface area contributed by atoms with Crippen molar-refractivity contribution in [2.45, 2.75) is 19.9 Å². The van der Waals surface area contributed by atoms with E-state index in [1.54, 1.807) is 34.1 Å². The maximum Gasteiger partial charge on any atom is 0.277 e. The largest absolute Gasteiger partial charge is 0.305 e. The summed E-state index contributed by atoms with van der Waals surface area (Å²) in [4.78, 5) is 19.0. The smallest absolute Gasteiger partial charge is 0.277 e. The van der Waals surface area contributed by atoms with E-state index < -0.39 is 0 Å². The van der Waals surface area contributed by atoms with Gasteiger partial charge in [-0.1, -0.05) is 0 Å². The molecule has 0 fully saturated rings. The minimum atomic E-state index is -0.320.